The number of hydrogen-bond donors (Lipinski definition) is 1. The topological polar surface area (TPSA) is 144 Å². The number of carbonyl (C=O) groups excluding carboxylic acids is 2. The van der Waals surface area contributed by atoms with Crippen LogP contribution in [0.1, 0.15) is 22.8 Å². The Hall–Kier alpha value is -4.61. The van der Waals surface area contributed by atoms with E-state index in [1.807, 2.05) is 24.3 Å². The summed E-state index contributed by atoms with van der Waals surface area (Å²) in [7, 11) is 0. The van der Waals surface area contributed by atoms with Gasteiger partial charge in [-0.2, -0.15) is 15.8 Å². The number of carbonyl (C=O) groups is 2. The van der Waals surface area contributed by atoms with E-state index in [0.717, 1.165) is 5.39 Å². The lowest BCUT2D eigenvalue weighted by atomic mass is 9.47. The molecule has 166 valence electrons. The standard InChI is InChI=1S/C26H19N5O3/c1-2-34-24(33)31-10-9-16-18(11-27)22(30)25(13-28,14-29)26(20(16)12-31)19-8-4-6-15-5-3-7-17(21(15)19)23(26)32/h3-9,20H,2,10,12,30H2,1H3. The van der Waals surface area contributed by atoms with Crippen molar-refractivity contribution < 1.29 is 14.3 Å². The average molecular weight is 449 g/mol. The van der Waals surface area contributed by atoms with Gasteiger partial charge in [0.1, 0.15) is 11.5 Å². The lowest BCUT2D eigenvalue weighted by molar-refractivity contribution is 0.0640. The third kappa shape index (κ3) is 2.23. The molecule has 2 aliphatic carbocycles. The van der Waals surface area contributed by atoms with Crippen LogP contribution in [0.3, 0.4) is 0 Å². The van der Waals surface area contributed by atoms with E-state index < -0.39 is 28.6 Å². The van der Waals surface area contributed by atoms with Crippen molar-refractivity contribution >= 4 is 22.6 Å². The van der Waals surface area contributed by atoms with E-state index in [-0.39, 0.29) is 31.0 Å². The number of hydrogen-bond acceptors (Lipinski definition) is 7. The molecule has 2 atom stereocenters. The average Bonchev–Trinajstić information content (AvgIpc) is 3.11. The summed E-state index contributed by atoms with van der Waals surface area (Å²) >= 11 is 0. The van der Waals surface area contributed by atoms with E-state index in [0.29, 0.717) is 22.1 Å². The van der Waals surface area contributed by atoms with Crippen molar-refractivity contribution in [2.75, 3.05) is 19.7 Å². The summed E-state index contributed by atoms with van der Waals surface area (Å²) in [6.07, 6.45) is 1.10. The monoisotopic (exact) mass is 449 g/mol. The number of Topliss-reactive ketones (excluding diaryl/α,β-unsaturated/α-hetero) is 1. The number of rotatable bonds is 1. The van der Waals surface area contributed by atoms with Crippen LogP contribution >= 0.6 is 0 Å². The van der Waals surface area contributed by atoms with E-state index in [9.17, 15) is 25.4 Å². The fraction of sp³-hybridized carbons (Fsp3) is 0.269. The molecular weight excluding hydrogens is 430 g/mol. The Morgan fingerprint density at radius 1 is 1.21 bits per heavy atom. The molecular formula is C26H19N5O3. The van der Waals surface area contributed by atoms with Crippen LogP contribution in [-0.2, 0) is 10.2 Å². The second kappa shape index (κ2) is 7.20. The van der Waals surface area contributed by atoms with Gasteiger partial charge in [-0.1, -0.05) is 42.5 Å². The molecule has 0 bridgehead atoms. The summed E-state index contributed by atoms with van der Waals surface area (Å²) in [5, 5.41) is 32.4. The van der Waals surface area contributed by atoms with Gasteiger partial charge in [-0.15, -0.1) is 0 Å². The molecule has 0 saturated carbocycles. The lowest BCUT2D eigenvalue weighted by Gasteiger charge is -2.51. The zero-order chi connectivity index (χ0) is 24.3. The normalized spacial score (nSPS) is 24.2. The van der Waals surface area contributed by atoms with Crippen LogP contribution in [-0.4, -0.2) is 36.5 Å². The highest BCUT2D eigenvalue weighted by molar-refractivity contribution is 6.22. The number of nitrogens with zero attached hydrogens (tertiary/aromatic N) is 4. The van der Waals surface area contributed by atoms with Crippen molar-refractivity contribution in [3.05, 3.63) is 70.4 Å². The fourth-order valence-corrected chi connectivity index (χ4v) is 5.93. The first kappa shape index (κ1) is 21.2. The van der Waals surface area contributed by atoms with Gasteiger partial charge >= 0.3 is 6.09 Å². The Morgan fingerprint density at radius 3 is 2.56 bits per heavy atom. The number of nitrogens with two attached hydrogens (primary N) is 1. The van der Waals surface area contributed by atoms with Gasteiger partial charge in [0.2, 0.25) is 5.41 Å². The summed E-state index contributed by atoms with van der Waals surface area (Å²) in [6, 6.07) is 16.8. The molecule has 34 heavy (non-hydrogen) atoms. The largest absolute Gasteiger partial charge is 0.450 e. The first-order chi connectivity index (χ1) is 16.4. The van der Waals surface area contributed by atoms with E-state index in [1.165, 1.54) is 4.90 Å². The molecule has 3 aliphatic rings. The zero-order valence-corrected chi connectivity index (χ0v) is 18.3. The maximum absolute atomic E-state index is 14.4. The summed E-state index contributed by atoms with van der Waals surface area (Å²) in [5.41, 5.74) is 3.70. The quantitative estimate of drug-likeness (QED) is 0.704. The van der Waals surface area contributed by atoms with E-state index in [1.54, 1.807) is 37.3 Å². The SMILES string of the molecule is CCOC(=O)N1CC=C2C(C#N)=C(N)C(C#N)(C#N)C3(C(=O)c4cccc5cccc3c45)C2C1. The number of fused-ring (bicyclic) bond motifs is 3. The molecule has 1 heterocycles. The number of ether oxygens (including phenoxy) is 1. The van der Waals surface area contributed by atoms with Gasteiger partial charge in [0.15, 0.2) is 5.78 Å². The smallest absolute Gasteiger partial charge is 0.410 e. The predicted molar refractivity (Wildman–Crippen MR) is 121 cm³/mol. The Balaban J connectivity index is 1.91. The first-order valence-electron chi connectivity index (χ1n) is 10.8. The van der Waals surface area contributed by atoms with Crippen LogP contribution in [0, 0.1) is 45.3 Å². The van der Waals surface area contributed by atoms with E-state index >= 15 is 0 Å². The molecule has 2 unspecified atom stereocenters. The third-order valence-electron chi connectivity index (χ3n) is 7.29. The van der Waals surface area contributed by atoms with Gasteiger partial charge in [0.05, 0.1) is 30.0 Å². The van der Waals surface area contributed by atoms with Crippen LogP contribution in [0.25, 0.3) is 10.8 Å². The minimum Gasteiger partial charge on any atom is -0.450 e. The Labute approximate surface area is 195 Å². The van der Waals surface area contributed by atoms with Crippen LogP contribution in [0.2, 0.25) is 0 Å². The fourth-order valence-electron chi connectivity index (χ4n) is 5.93. The number of ketones is 1. The van der Waals surface area contributed by atoms with Crippen LogP contribution < -0.4 is 5.73 Å². The van der Waals surface area contributed by atoms with Gasteiger partial charge in [-0.25, -0.2) is 4.79 Å². The molecule has 1 aliphatic heterocycles. The molecule has 0 aromatic heterocycles. The minimum atomic E-state index is -2.15. The Morgan fingerprint density at radius 2 is 1.91 bits per heavy atom. The summed E-state index contributed by atoms with van der Waals surface area (Å²) in [6.45, 7) is 2.00. The highest BCUT2D eigenvalue weighted by Crippen LogP contribution is 2.63. The molecule has 2 N–H and O–H groups in total. The van der Waals surface area contributed by atoms with Crippen LogP contribution in [0.5, 0.6) is 0 Å². The second-order valence-electron chi connectivity index (χ2n) is 8.54. The molecule has 1 spiro atoms. The Bertz CT molecular complexity index is 1460. The molecule has 1 amide bonds. The highest BCUT2D eigenvalue weighted by Gasteiger charge is 2.71. The number of allylic oxidation sites excluding steroid dienone is 2. The predicted octanol–water partition coefficient (Wildman–Crippen LogP) is 3.07. The van der Waals surface area contributed by atoms with E-state index in [4.69, 9.17) is 10.5 Å². The molecule has 0 saturated heterocycles. The van der Waals surface area contributed by atoms with Crippen molar-refractivity contribution in [3.8, 4) is 18.2 Å². The molecule has 5 rings (SSSR count). The van der Waals surface area contributed by atoms with E-state index in [2.05, 4.69) is 6.07 Å². The maximum Gasteiger partial charge on any atom is 0.410 e. The van der Waals surface area contributed by atoms with Crippen molar-refractivity contribution in [1.29, 1.82) is 15.8 Å². The van der Waals surface area contributed by atoms with Gasteiger partial charge in [0, 0.05) is 24.6 Å². The highest BCUT2D eigenvalue weighted by atomic mass is 16.6. The van der Waals surface area contributed by atoms with Gasteiger partial charge in [-0.3, -0.25) is 4.79 Å². The number of benzene rings is 2. The molecule has 2 aromatic rings. The third-order valence-corrected chi connectivity index (χ3v) is 7.29. The van der Waals surface area contributed by atoms with Crippen molar-refractivity contribution in [3.63, 3.8) is 0 Å². The van der Waals surface area contributed by atoms with Crippen LogP contribution in [0.4, 0.5) is 4.79 Å². The molecule has 8 heteroatoms. The summed E-state index contributed by atoms with van der Waals surface area (Å²) < 4.78 is 5.18. The van der Waals surface area contributed by atoms with Gasteiger partial charge in [-0.05, 0) is 28.8 Å². The maximum atomic E-state index is 14.4. The van der Waals surface area contributed by atoms with Crippen LogP contribution in [0.15, 0.2) is 59.3 Å². The molecule has 8 nitrogen and oxygen atoms in total. The molecule has 0 fully saturated rings. The minimum absolute atomic E-state index is 0.00957. The second-order valence-corrected chi connectivity index (χ2v) is 8.54. The van der Waals surface area contributed by atoms with Gasteiger partial charge in [0.25, 0.3) is 0 Å². The summed E-state index contributed by atoms with van der Waals surface area (Å²) in [5.74, 6) is -1.26. The number of nitriles is 3. The zero-order valence-electron chi connectivity index (χ0n) is 18.3. The Kier molecular flexibility index (Phi) is 4.50. The lowest BCUT2D eigenvalue weighted by Crippen LogP contribution is -2.62. The van der Waals surface area contributed by atoms with Crippen molar-refractivity contribution in [2.24, 2.45) is 17.1 Å². The van der Waals surface area contributed by atoms with Crippen molar-refractivity contribution in [2.45, 2.75) is 12.3 Å². The first-order valence-corrected chi connectivity index (χ1v) is 10.8. The molecule has 0 radical (unpaired) electrons. The molecule has 2 aromatic carbocycles. The number of amides is 1. The van der Waals surface area contributed by atoms with Crippen molar-refractivity contribution in [1.82, 2.24) is 4.90 Å². The van der Waals surface area contributed by atoms with Gasteiger partial charge < -0.3 is 15.4 Å². The summed E-state index contributed by atoms with van der Waals surface area (Å²) in [4.78, 5) is 28.4.